The zero-order chi connectivity index (χ0) is 20.9. The first-order chi connectivity index (χ1) is 14.6. The number of pyridine rings is 1. The largest absolute Gasteiger partial charge is 0.493 e. The second kappa shape index (κ2) is 9.07. The van der Waals surface area contributed by atoms with Crippen LogP contribution in [0.4, 0.5) is 4.39 Å². The van der Waals surface area contributed by atoms with Crippen LogP contribution >= 0.6 is 0 Å². The van der Waals surface area contributed by atoms with E-state index in [9.17, 15) is 9.18 Å². The number of halogens is 1. The molecule has 0 spiro atoms. The van der Waals surface area contributed by atoms with Crippen LogP contribution in [0.1, 0.15) is 30.9 Å². The number of amides is 1. The summed E-state index contributed by atoms with van der Waals surface area (Å²) < 4.78 is 20.5. The van der Waals surface area contributed by atoms with Gasteiger partial charge in [0.1, 0.15) is 11.6 Å². The van der Waals surface area contributed by atoms with Gasteiger partial charge >= 0.3 is 0 Å². The maximum absolute atomic E-state index is 13.2. The number of rotatable bonds is 6. The van der Waals surface area contributed by atoms with Crippen LogP contribution < -0.4 is 4.74 Å². The number of ether oxygens (including phenoxy) is 1. The van der Waals surface area contributed by atoms with Gasteiger partial charge in [-0.3, -0.25) is 14.5 Å². The normalized spacial score (nSPS) is 16.5. The minimum atomic E-state index is -0.347. The number of aryl methyl sites for hydroxylation is 1. The molecule has 1 atom stereocenters. The van der Waals surface area contributed by atoms with Crippen LogP contribution in [0, 0.1) is 5.82 Å². The van der Waals surface area contributed by atoms with Crippen LogP contribution in [-0.2, 0) is 11.8 Å². The highest BCUT2D eigenvalue weighted by atomic mass is 19.1. The molecule has 0 saturated carbocycles. The molecule has 4 rings (SSSR count). The van der Waals surface area contributed by atoms with E-state index in [1.807, 2.05) is 36.6 Å². The van der Waals surface area contributed by atoms with Crippen molar-refractivity contribution in [1.29, 1.82) is 0 Å². The smallest absolute Gasteiger partial charge is 0.226 e. The van der Waals surface area contributed by atoms with Gasteiger partial charge in [0.25, 0.3) is 0 Å². The number of carbonyl (C=O) groups excluding carboxylic acids is 1. The van der Waals surface area contributed by atoms with Gasteiger partial charge in [0, 0.05) is 61.3 Å². The average Bonchev–Trinajstić information content (AvgIpc) is 3.20. The number of aromatic nitrogens is 3. The van der Waals surface area contributed by atoms with Gasteiger partial charge in [-0.15, -0.1) is 0 Å². The van der Waals surface area contributed by atoms with Gasteiger partial charge in [-0.25, -0.2) is 4.39 Å². The third-order valence-electron chi connectivity index (χ3n) is 5.40. The predicted octanol–water partition coefficient (Wildman–Crippen LogP) is 3.80. The quantitative estimate of drug-likeness (QED) is 0.623. The number of benzene rings is 1. The molecule has 1 aromatic carbocycles. The van der Waals surface area contributed by atoms with Crippen molar-refractivity contribution in [3.63, 3.8) is 0 Å². The van der Waals surface area contributed by atoms with Gasteiger partial charge in [-0.2, -0.15) is 5.10 Å². The van der Waals surface area contributed by atoms with Crippen molar-refractivity contribution in [1.82, 2.24) is 19.7 Å². The molecule has 1 aliphatic heterocycles. The number of carbonyl (C=O) groups is 1. The second-order valence-corrected chi connectivity index (χ2v) is 7.61. The standard InChI is InChI=1S/C23H25FN4O2/c1-27-15-19(14-26-27)17-7-8-22(25-13-17)18-4-3-10-28(16-18)23(29)9-11-30-21-6-2-5-20(24)12-21/h2,5-8,12-15,18H,3-4,9-11,16H2,1H3/t18-/m1/s1. The number of piperidine rings is 1. The minimum Gasteiger partial charge on any atom is -0.493 e. The van der Waals surface area contributed by atoms with Crippen LogP contribution in [0.25, 0.3) is 11.1 Å². The molecule has 0 aliphatic carbocycles. The van der Waals surface area contributed by atoms with Gasteiger partial charge in [0.15, 0.2) is 0 Å². The summed E-state index contributed by atoms with van der Waals surface area (Å²) in [6, 6.07) is 10.1. The molecule has 0 unspecified atom stereocenters. The molecule has 1 fully saturated rings. The Morgan fingerprint density at radius 3 is 2.87 bits per heavy atom. The lowest BCUT2D eigenvalue weighted by Gasteiger charge is -2.32. The second-order valence-electron chi connectivity index (χ2n) is 7.61. The van der Waals surface area contributed by atoms with Crippen molar-refractivity contribution in [3.05, 3.63) is 66.5 Å². The third-order valence-corrected chi connectivity index (χ3v) is 5.40. The van der Waals surface area contributed by atoms with E-state index in [0.717, 1.165) is 36.2 Å². The van der Waals surface area contributed by atoms with Crippen molar-refractivity contribution >= 4 is 5.91 Å². The predicted molar refractivity (Wildman–Crippen MR) is 112 cm³/mol. The highest BCUT2D eigenvalue weighted by Crippen LogP contribution is 2.27. The lowest BCUT2D eigenvalue weighted by Crippen LogP contribution is -2.39. The lowest BCUT2D eigenvalue weighted by atomic mass is 9.93. The molecular weight excluding hydrogens is 383 g/mol. The van der Waals surface area contributed by atoms with Crippen LogP contribution in [0.3, 0.4) is 0 Å². The van der Waals surface area contributed by atoms with E-state index in [1.165, 1.54) is 12.1 Å². The number of nitrogens with zero attached hydrogens (tertiary/aromatic N) is 4. The van der Waals surface area contributed by atoms with Crippen LogP contribution in [0.2, 0.25) is 0 Å². The number of likely N-dealkylation sites (tertiary alicyclic amines) is 1. The summed E-state index contributed by atoms with van der Waals surface area (Å²) in [5.41, 5.74) is 3.08. The minimum absolute atomic E-state index is 0.0584. The van der Waals surface area contributed by atoms with Crippen LogP contribution in [-0.4, -0.2) is 45.3 Å². The zero-order valence-corrected chi connectivity index (χ0v) is 17.0. The maximum atomic E-state index is 13.2. The molecule has 0 radical (unpaired) electrons. The van der Waals surface area contributed by atoms with E-state index in [1.54, 1.807) is 16.8 Å². The summed E-state index contributed by atoms with van der Waals surface area (Å²) >= 11 is 0. The molecule has 3 aromatic rings. The first-order valence-corrected chi connectivity index (χ1v) is 10.2. The summed E-state index contributed by atoms with van der Waals surface area (Å²) in [5.74, 6) is 0.384. The Balaban J connectivity index is 1.31. The van der Waals surface area contributed by atoms with Gasteiger partial charge < -0.3 is 9.64 Å². The summed E-state index contributed by atoms with van der Waals surface area (Å²) in [5, 5.41) is 4.20. The maximum Gasteiger partial charge on any atom is 0.226 e. The molecule has 1 aliphatic rings. The molecule has 3 heterocycles. The molecule has 0 bridgehead atoms. The van der Waals surface area contributed by atoms with Crippen molar-refractivity contribution in [2.75, 3.05) is 19.7 Å². The lowest BCUT2D eigenvalue weighted by molar-refractivity contribution is -0.132. The monoisotopic (exact) mass is 408 g/mol. The Morgan fingerprint density at radius 2 is 2.13 bits per heavy atom. The summed E-state index contributed by atoms with van der Waals surface area (Å²) in [7, 11) is 1.89. The van der Waals surface area contributed by atoms with Gasteiger partial charge in [-0.05, 0) is 31.0 Å². The van der Waals surface area contributed by atoms with E-state index in [4.69, 9.17) is 4.74 Å². The van der Waals surface area contributed by atoms with Crippen LogP contribution in [0.5, 0.6) is 5.75 Å². The average molecular weight is 408 g/mol. The molecule has 30 heavy (non-hydrogen) atoms. The molecule has 1 amide bonds. The van der Waals surface area contributed by atoms with Gasteiger partial charge in [0.2, 0.25) is 5.91 Å². The van der Waals surface area contributed by atoms with E-state index in [0.29, 0.717) is 12.3 Å². The van der Waals surface area contributed by atoms with Crippen LogP contribution in [0.15, 0.2) is 55.0 Å². The molecule has 156 valence electrons. The molecule has 1 saturated heterocycles. The number of hydrogen-bond donors (Lipinski definition) is 0. The molecule has 0 N–H and O–H groups in total. The van der Waals surface area contributed by atoms with E-state index >= 15 is 0 Å². The van der Waals surface area contributed by atoms with Crippen molar-refractivity contribution in [2.24, 2.45) is 7.05 Å². The SMILES string of the molecule is Cn1cc(-c2ccc([C@@H]3CCCN(C(=O)CCOc4cccc(F)c4)C3)nc2)cn1. The van der Waals surface area contributed by atoms with Gasteiger partial charge in [-0.1, -0.05) is 12.1 Å². The Morgan fingerprint density at radius 1 is 1.23 bits per heavy atom. The third kappa shape index (κ3) is 4.84. The fourth-order valence-electron chi connectivity index (χ4n) is 3.80. The summed E-state index contributed by atoms with van der Waals surface area (Å²) in [6.07, 6.45) is 7.90. The van der Waals surface area contributed by atoms with Crippen molar-refractivity contribution in [2.45, 2.75) is 25.2 Å². The first-order valence-electron chi connectivity index (χ1n) is 10.2. The fourth-order valence-corrected chi connectivity index (χ4v) is 3.80. The summed E-state index contributed by atoms with van der Waals surface area (Å²) in [4.78, 5) is 19.2. The Labute approximate surface area is 175 Å². The zero-order valence-electron chi connectivity index (χ0n) is 17.0. The van der Waals surface area contributed by atoms with Gasteiger partial charge in [0.05, 0.1) is 19.2 Å². The molecule has 7 heteroatoms. The highest BCUT2D eigenvalue weighted by Gasteiger charge is 2.25. The first kappa shape index (κ1) is 20.1. The van der Waals surface area contributed by atoms with E-state index in [-0.39, 0.29) is 30.7 Å². The van der Waals surface area contributed by atoms with Crippen molar-refractivity contribution < 1.29 is 13.9 Å². The number of hydrogen-bond acceptors (Lipinski definition) is 4. The Hall–Kier alpha value is -3.22. The molecule has 2 aromatic heterocycles. The Bertz CT molecular complexity index is 1000. The Kier molecular flexibility index (Phi) is 6.07. The van der Waals surface area contributed by atoms with Crippen molar-refractivity contribution in [3.8, 4) is 16.9 Å². The fraction of sp³-hybridized carbons (Fsp3) is 0.348. The molecule has 6 nitrogen and oxygen atoms in total. The van der Waals surface area contributed by atoms with E-state index in [2.05, 4.69) is 16.1 Å². The molecular formula is C23H25FN4O2. The van der Waals surface area contributed by atoms with E-state index < -0.39 is 0 Å². The summed E-state index contributed by atoms with van der Waals surface area (Å²) in [6.45, 7) is 1.66. The topological polar surface area (TPSA) is 60.2 Å². The highest BCUT2D eigenvalue weighted by molar-refractivity contribution is 5.76.